The zero-order valence-electron chi connectivity index (χ0n) is 14.0. The molecule has 0 radical (unpaired) electrons. The number of non-ortho nitro benzene ring substituents is 2. The smallest absolute Gasteiger partial charge is 0.269 e. The number of benzene rings is 2. The van der Waals surface area contributed by atoms with Crippen molar-refractivity contribution in [3.8, 4) is 0 Å². The molecule has 2 aromatic rings. The maximum absolute atomic E-state index is 12.0. The Labute approximate surface area is 162 Å². The van der Waals surface area contributed by atoms with Crippen molar-refractivity contribution in [1.82, 2.24) is 5.32 Å². The summed E-state index contributed by atoms with van der Waals surface area (Å²) in [5.41, 5.74) is 1.20. The molecule has 0 aromatic heterocycles. The second-order valence-electron chi connectivity index (χ2n) is 5.41. The Morgan fingerprint density at radius 1 is 0.893 bits per heavy atom. The van der Waals surface area contributed by atoms with Gasteiger partial charge in [-0.1, -0.05) is 0 Å². The van der Waals surface area contributed by atoms with Crippen molar-refractivity contribution < 1.29 is 14.6 Å². The minimum Gasteiger partial charge on any atom is -0.299 e. The van der Waals surface area contributed by atoms with Gasteiger partial charge in [-0.2, -0.15) is 5.10 Å². The van der Waals surface area contributed by atoms with Gasteiger partial charge in [0.15, 0.2) is 5.17 Å². The Morgan fingerprint density at radius 3 is 1.96 bits per heavy atom. The predicted molar refractivity (Wildman–Crippen MR) is 105 cm³/mol. The molecule has 1 saturated heterocycles. The van der Waals surface area contributed by atoms with Gasteiger partial charge in [0.1, 0.15) is 0 Å². The Bertz CT molecular complexity index is 1030. The van der Waals surface area contributed by atoms with Gasteiger partial charge in [0, 0.05) is 24.3 Å². The SMILES string of the molecule is O=C1N/C(=N\N=C/c2ccc([N+](=O)[O-])cc2)S/C1=C\c1ccc([N+](=O)[O-])cc1. The third kappa shape index (κ3) is 4.65. The van der Waals surface area contributed by atoms with Crippen LogP contribution in [0.1, 0.15) is 11.1 Å². The van der Waals surface area contributed by atoms with Gasteiger partial charge in [0.2, 0.25) is 0 Å². The van der Waals surface area contributed by atoms with Crippen molar-refractivity contribution >= 4 is 46.5 Å². The van der Waals surface area contributed by atoms with E-state index >= 15 is 0 Å². The van der Waals surface area contributed by atoms with E-state index in [0.717, 1.165) is 11.8 Å². The minimum absolute atomic E-state index is 0.0249. The van der Waals surface area contributed by atoms with E-state index in [1.807, 2.05) is 0 Å². The molecule has 2 aromatic carbocycles. The van der Waals surface area contributed by atoms with E-state index in [1.54, 1.807) is 18.2 Å². The topological polar surface area (TPSA) is 140 Å². The fraction of sp³-hybridized carbons (Fsp3) is 0. The Kier molecular flexibility index (Phi) is 5.56. The molecule has 0 aliphatic carbocycles. The quantitative estimate of drug-likeness (QED) is 0.356. The van der Waals surface area contributed by atoms with Crippen LogP contribution in [0.5, 0.6) is 0 Å². The van der Waals surface area contributed by atoms with Gasteiger partial charge in [-0.05, 0) is 53.2 Å². The van der Waals surface area contributed by atoms with Crippen molar-refractivity contribution in [1.29, 1.82) is 0 Å². The molecule has 1 amide bonds. The number of nitro benzene ring substituents is 2. The second-order valence-corrected chi connectivity index (χ2v) is 6.44. The highest BCUT2D eigenvalue weighted by atomic mass is 32.2. The highest BCUT2D eigenvalue weighted by molar-refractivity contribution is 8.18. The molecule has 1 fully saturated rings. The van der Waals surface area contributed by atoms with Crippen LogP contribution in [0, 0.1) is 20.2 Å². The Balaban J connectivity index is 1.67. The summed E-state index contributed by atoms with van der Waals surface area (Å²) >= 11 is 1.08. The fourth-order valence-corrected chi connectivity index (χ4v) is 2.93. The molecular weight excluding hydrogens is 386 g/mol. The number of hydrogen-bond acceptors (Lipinski definition) is 8. The van der Waals surface area contributed by atoms with Gasteiger partial charge < -0.3 is 0 Å². The lowest BCUT2D eigenvalue weighted by atomic mass is 10.2. The first-order valence-electron chi connectivity index (χ1n) is 7.73. The van der Waals surface area contributed by atoms with Crippen LogP contribution in [-0.4, -0.2) is 27.1 Å². The van der Waals surface area contributed by atoms with Gasteiger partial charge in [-0.3, -0.25) is 30.3 Å². The lowest BCUT2D eigenvalue weighted by molar-refractivity contribution is -0.385. The van der Waals surface area contributed by atoms with Gasteiger partial charge in [-0.25, -0.2) is 0 Å². The molecule has 3 rings (SSSR count). The summed E-state index contributed by atoms with van der Waals surface area (Å²) in [7, 11) is 0. The molecule has 10 nitrogen and oxygen atoms in total. The standard InChI is InChI=1S/C17H11N5O5S/c23-16-15(9-11-1-5-13(6-2-11)21(24)25)28-17(19-16)20-18-10-12-3-7-14(8-4-12)22(26)27/h1-10H,(H,19,20,23)/b15-9-,18-10-. The van der Waals surface area contributed by atoms with Crippen LogP contribution >= 0.6 is 11.8 Å². The number of carbonyl (C=O) groups is 1. The molecule has 0 spiro atoms. The minimum atomic E-state index is -0.498. The molecule has 0 atom stereocenters. The number of hydrogen-bond donors (Lipinski definition) is 1. The summed E-state index contributed by atoms with van der Waals surface area (Å²) in [6.07, 6.45) is 2.99. The first-order chi connectivity index (χ1) is 13.4. The maximum atomic E-state index is 12.0. The van der Waals surface area contributed by atoms with Gasteiger partial charge in [0.05, 0.1) is 21.0 Å². The Hall–Kier alpha value is -3.86. The molecule has 0 saturated carbocycles. The van der Waals surface area contributed by atoms with Crippen LogP contribution in [0.15, 0.2) is 63.6 Å². The van der Waals surface area contributed by atoms with Crippen molar-refractivity contribution in [3.05, 3.63) is 84.8 Å². The molecule has 28 heavy (non-hydrogen) atoms. The van der Waals surface area contributed by atoms with E-state index in [0.29, 0.717) is 16.0 Å². The molecule has 1 aliphatic rings. The van der Waals surface area contributed by atoms with Crippen molar-refractivity contribution in [2.24, 2.45) is 10.2 Å². The number of amides is 1. The lowest BCUT2D eigenvalue weighted by Crippen LogP contribution is -2.19. The van der Waals surface area contributed by atoms with Crippen LogP contribution in [0.3, 0.4) is 0 Å². The number of nitrogens with zero attached hydrogens (tertiary/aromatic N) is 4. The molecule has 11 heteroatoms. The number of thioether (sulfide) groups is 1. The van der Waals surface area contributed by atoms with Crippen LogP contribution in [0.25, 0.3) is 6.08 Å². The lowest BCUT2D eigenvalue weighted by Gasteiger charge is -1.95. The first kappa shape index (κ1) is 18.9. The van der Waals surface area contributed by atoms with Crippen molar-refractivity contribution in [2.45, 2.75) is 0 Å². The molecule has 1 aliphatic heterocycles. The third-order valence-corrected chi connectivity index (χ3v) is 4.41. The summed E-state index contributed by atoms with van der Waals surface area (Å²) in [4.78, 5) is 32.6. The van der Waals surface area contributed by atoms with E-state index in [2.05, 4.69) is 15.5 Å². The first-order valence-corrected chi connectivity index (χ1v) is 8.55. The van der Waals surface area contributed by atoms with Gasteiger partial charge >= 0.3 is 0 Å². The van der Waals surface area contributed by atoms with E-state index in [1.165, 1.54) is 42.6 Å². The molecule has 1 N–H and O–H groups in total. The van der Waals surface area contributed by atoms with Crippen molar-refractivity contribution in [3.63, 3.8) is 0 Å². The van der Waals surface area contributed by atoms with Crippen LogP contribution < -0.4 is 5.32 Å². The van der Waals surface area contributed by atoms with Crippen LogP contribution in [-0.2, 0) is 4.79 Å². The van der Waals surface area contributed by atoms with Gasteiger partial charge in [0.25, 0.3) is 17.3 Å². The number of carbonyl (C=O) groups excluding carboxylic acids is 1. The van der Waals surface area contributed by atoms with E-state index < -0.39 is 9.85 Å². The zero-order chi connectivity index (χ0) is 20.1. The average Bonchev–Trinajstić information content (AvgIpc) is 3.02. The summed E-state index contributed by atoms with van der Waals surface area (Å²) < 4.78 is 0. The molecule has 140 valence electrons. The normalized spacial score (nSPS) is 16.6. The summed E-state index contributed by atoms with van der Waals surface area (Å²) in [5, 5.41) is 31.9. The third-order valence-electron chi connectivity index (χ3n) is 3.51. The summed E-state index contributed by atoms with van der Waals surface area (Å²) in [6.45, 7) is 0. The Morgan fingerprint density at radius 2 is 1.43 bits per heavy atom. The van der Waals surface area contributed by atoms with E-state index in [-0.39, 0.29) is 22.4 Å². The monoisotopic (exact) mass is 397 g/mol. The molecule has 0 bridgehead atoms. The zero-order valence-corrected chi connectivity index (χ0v) is 14.8. The maximum Gasteiger partial charge on any atom is 0.269 e. The highest BCUT2D eigenvalue weighted by Crippen LogP contribution is 2.26. The average molecular weight is 397 g/mol. The van der Waals surface area contributed by atoms with Crippen LogP contribution in [0.4, 0.5) is 11.4 Å². The van der Waals surface area contributed by atoms with Gasteiger partial charge in [-0.15, -0.1) is 5.10 Å². The second kappa shape index (κ2) is 8.22. The van der Waals surface area contributed by atoms with Crippen molar-refractivity contribution in [2.75, 3.05) is 0 Å². The van der Waals surface area contributed by atoms with E-state index in [9.17, 15) is 25.0 Å². The number of nitrogens with one attached hydrogen (secondary N) is 1. The molecular formula is C17H11N5O5S. The summed E-state index contributed by atoms with van der Waals surface area (Å²) in [5.74, 6) is -0.354. The predicted octanol–water partition coefficient (Wildman–Crippen LogP) is 3.10. The largest absolute Gasteiger partial charge is 0.299 e. The number of amidine groups is 1. The molecule has 0 unspecified atom stereocenters. The molecule has 1 heterocycles. The van der Waals surface area contributed by atoms with E-state index in [4.69, 9.17) is 0 Å². The fourth-order valence-electron chi connectivity index (χ4n) is 2.15. The number of rotatable bonds is 5. The highest BCUT2D eigenvalue weighted by Gasteiger charge is 2.23. The summed E-state index contributed by atoms with van der Waals surface area (Å²) in [6, 6.07) is 11.6. The van der Waals surface area contributed by atoms with Crippen LogP contribution in [0.2, 0.25) is 0 Å². The number of nitro groups is 2.